The Morgan fingerprint density at radius 3 is 2.38 bits per heavy atom. The van der Waals surface area contributed by atoms with Gasteiger partial charge in [-0.25, -0.2) is 0 Å². The van der Waals surface area contributed by atoms with Crippen LogP contribution in [0, 0.1) is 5.41 Å². The van der Waals surface area contributed by atoms with E-state index in [1.807, 2.05) is 24.3 Å². The number of hydrogen-bond donors (Lipinski definition) is 0. The summed E-state index contributed by atoms with van der Waals surface area (Å²) >= 11 is 3.40. The third-order valence-electron chi connectivity index (χ3n) is 4.79. The van der Waals surface area contributed by atoms with Gasteiger partial charge in [0.2, 0.25) is 0 Å². The molecule has 0 bridgehead atoms. The maximum absolute atomic E-state index is 12.2. The fourth-order valence-electron chi connectivity index (χ4n) is 3.07. The highest BCUT2D eigenvalue weighted by molar-refractivity contribution is 9.10. The summed E-state index contributed by atoms with van der Waals surface area (Å²) in [5.41, 5.74) is 1.32. The molecule has 3 heteroatoms. The maximum Gasteiger partial charge on any atom is 0.164 e. The number of benzene rings is 1. The topological polar surface area (TPSA) is 20.3 Å². The van der Waals surface area contributed by atoms with E-state index in [9.17, 15) is 4.79 Å². The number of rotatable bonds is 5. The first-order chi connectivity index (χ1) is 9.87. The van der Waals surface area contributed by atoms with E-state index in [0.717, 1.165) is 16.6 Å². The third-order valence-corrected chi connectivity index (χ3v) is 5.32. The molecule has 1 aliphatic rings. The number of Topliss-reactive ketones (excluding diaryl/α,β-unsaturated/α-hetero) is 1. The highest BCUT2D eigenvalue weighted by atomic mass is 79.9. The monoisotopic (exact) mass is 351 g/mol. The van der Waals surface area contributed by atoms with Gasteiger partial charge in [0, 0.05) is 29.0 Å². The molecule has 2 nitrogen and oxygen atoms in total. The Hall–Kier alpha value is -0.670. The molecule has 116 valence electrons. The highest BCUT2D eigenvalue weighted by Crippen LogP contribution is 2.36. The Kier molecular flexibility index (Phi) is 5.61. The van der Waals surface area contributed by atoms with Crippen LogP contribution in [0.25, 0.3) is 0 Å². The second kappa shape index (κ2) is 7.06. The SMILES string of the molecule is CN(CCC(=O)c1ccc(Br)cc1)C1CCC(C)(C)CC1. The summed E-state index contributed by atoms with van der Waals surface area (Å²) in [5.74, 6) is 0.241. The van der Waals surface area contributed by atoms with Crippen molar-refractivity contribution in [3.63, 3.8) is 0 Å². The fraction of sp³-hybridized carbons (Fsp3) is 0.611. The van der Waals surface area contributed by atoms with Crippen LogP contribution in [0.5, 0.6) is 0 Å². The van der Waals surface area contributed by atoms with Gasteiger partial charge in [-0.2, -0.15) is 0 Å². The van der Waals surface area contributed by atoms with Crippen LogP contribution in [-0.2, 0) is 0 Å². The van der Waals surface area contributed by atoms with Crippen molar-refractivity contribution < 1.29 is 4.79 Å². The van der Waals surface area contributed by atoms with Crippen molar-refractivity contribution in [1.29, 1.82) is 0 Å². The molecule has 1 aromatic rings. The predicted octanol–water partition coefficient (Wildman–Crippen LogP) is 4.92. The lowest BCUT2D eigenvalue weighted by molar-refractivity contribution is 0.0925. The Labute approximate surface area is 137 Å². The van der Waals surface area contributed by atoms with Gasteiger partial charge in [0.25, 0.3) is 0 Å². The smallest absolute Gasteiger partial charge is 0.164 e. The van der Waals surface area contributed by atoms with Gasteiger partial charge in [-0.1, -0.05) is 41.9 Å². The predicted molar refractivity (Wildman–Crippen MR) is 91.8 cm³/mol. The van der Waals surface area contributed by atoms with Gasteiger partial charge in [0.05, 0.1) is 0 Å². The third kappa shape index (κ3) is 4.93. The summed E-state index contributed by atoms with van der Waals surface area (Å²) in [7, 11) is 2.16. The van der Waals surface area contributed by atoms with Gasteiger partial charge in [-0.05, 0) is 50.3 Å². The van der Waals surface area contributed by atoms with E-state index in [1.165, 1.54) is 25.7 Å². The first-order valence-corrected chi connectivity index (χ1v) is 8.66. The number of ketones is 1. The Bertz CT molecular complexity index is 470. The Balaban J connectivity index is 1.80. The van der Waals surface area contributed by atoms with Crippen LogP contribution < -0.4 is 0 Å². The van der Waals surface area contributed by atoms with E-state index >= 15 is 0 Å². The second-order valence-electron chi connectivity index (χ2n) is 7.06. The van der Waals surface area contributed by atoms with Crippen LogP contribution in [0.4, 0.5) is 0 Å². The molecule has 1 saturated carbocycles. The minimum absolute atomic E-state index is 0.241. The number of carbonyl (C=O) groups excluding carboxylic acids is 1. The lowest BCUT2D eigenvalue weighted by Gasteiger charge is -2.38. The van der Waals surface area contributed by atoms with E-state index in [4.69, 9.17) is 0 Å². The minimum atomic E-state index is 0.241. The van der Waals surface area contributed by atoms with Crippen LogP contribution >= 0.6 is 15.9 Å². The van der Waals surface area contributed by atoms with E-state index in [-0.39, 0.29) is 5.78 Å². The van der Waals surface area contributed by atoms with Crippen molar-refractivity contribution in [2.45, 2.75) is 52.0 Å². The van der Waals surface area contributed by atoms with Crippen molar-refractivity contribution in [3.05, 3.63) is 34.3 Å². The quantitative estimate of drug-likeness (QED) is 0.701. The molecule has 21 heavy (non-hydrogen) atoms. The van der Waals surface area contributed by atoms with Gasteiger partial charge in [0.1, 0.15) is 0 Å². The number of halogens is 1. The molecule has 0 spiro atoms. The summed E-state index contributed by atoms with van der Waals surface area (Å²) in [6.45, 7) is 5.58. The molecule has 0 heterocycles. The molecule has 0 radical (unpaired) electrons. The second-order valence-corrected chi connectivity index (χ2v) is 7.97. The molecule has 0 amide bonds. The van der Waals surface area contributed by atoms with Gasteiger partial charge in [0.15, 0.2) is 5.78 Å². The zero-order chi connectivity index (χ0) is 15.5. The molecule has 0 aliphatic heterocycles. The fourth-order valence-corrected chi connectivity index (χ4v) is 3.33. The summed E-state index contributed by atoms with van der Waals surface area (Å²) in [6, 6.07) is 8.31. The number of nitrogens with zero attached hydrogens (tertiary/aromatic N) is 1. The van der Waals surface area contributed by atoms with Crippen LogP contribution in [0.1, 0.15) is 56.3 Å². The summed E-state index contributed by atoms with van der Waals surface area (Å²) in [4.78, 5) is 14.6. The summed E-state index contributed by atoms with van der Waals surface area (Å²) in [6.07, 6.45) is 5.72. The zero-order valence-corrected chi connectivity index (χ0v) is 14.9. The van der Waals surface area contributed by atoms with E-state index in [1.54, 1.807) is 0 Å². The molecule has 0 N–H and O–H groups in total. The minimum Gasteiger partial charge on any atom is -0.303 e. The molecule has 1 fully saturated rings. The van der Waals surface area contributed by atoms with Crippen molar-refractivity contribution in [2.24, 2.45) is 5.41 Å². The highest BCUT2D eigenvalue weighted by Gasteiger charge is 2.28. The Morgan fingerprint density at radius 1 is 1.24 bits per heavy atom. The standard InChI is InChI=1S/C18H26BrNO/c1-18(2)11-8-16(9-12-18)20(3)13-10-17(21)14-4-6-15(19)7-5-14/h4-7,16H,8-13H2,1-3H3. The van der Waals surface area contributed by atoms with Crippen molar-refractivity contribution >= 4 is 21.7 Å². The van der Waals surface area contributed by atoms with E-state index < -0.39 is 0 Å². The number of carbonyl (C=O) groups is 1. The van der Waals surface area contributed by atoms with Gasteiger partial charge in [-0.15, -0.1) is 0 Å². The van der Waals surface area contributed by atoms with Crippen LogP contribution in [-0.4, -0.2) is 30.3 Å². The zero-order valence-electron chi connectivity index (χ0n) is 13.4. The van der Waals surface area contributed by atoms with Crippen LogP contribution in [0.3, 0.4) is 0 Å². The van der Waals surface area contributed by atoms with Crippen molar-refractivity contribution in [3.8, 4) is 0 Å². The largest absolute Gasteiger partial charge is 0.303 e. The molecule has 0 unspecified atom stereocenters. The van der Waals surface area contributed by atoms with E-state index in [0.29, 0.717) is 17.9 Å². The van der Waals surface area contributed by atoms with Crippen LogP contribution in [0.15, 0.2) is 28.7 Å². The first kappa shape index (κ1) is 16.7. The molecule has 0 aromatic heterocycles. The lowest BCUT2D eigenvalue weighted by Crippen LogP contribution is -2.38. The van der Waals surface area contributed by atoms with Crippen molar-refractivity contribution in [1.82, 2.24) is 4.90 Å². The molecule has 0 atom stereocenters. The van der Waals surface area contributed by atoms with Crippen LogP contribution in [0.2, 0.25) is 0 Å². The molecule has 1 aliphatic carbocycles. The lowest BCUT2D eigenvalue weighted by atomic mass is 9.75. The molecular weight excluding hydrogens is 326 g/mol. The van der Waals surface area contributed by atoms with E-state index in [2.05, 4.69) is 41.7 Å². The Morgan fingerprint density at radius 2 is 1.81 bits per heavy atom. The first-order valence-electron chi connectivity index (χ1n) is 7.86. The summed E-state index contributed by atoms with van der Waals surface area (Å²) < 4.78 is 1.01. The number of hydrogen-bond acceptors (Lipinski definition) is 2. The maximum atomic E-state index is 12.2. The average molecular weight is 352 g/mol. The van der Waals surface area contributed by atoms with Gasteiger partial charge in [-0.3, -0.25) is 4.79 Å². The molecule has 1 aromatic carbocycles. The van der Waals surface area contributed by atoms with Gasteiger partial charge >= 0.3 is 0 Å². The summed E-state index contributed by atoms with van der Waals surface area (Å²) in [5, 5.41) is 0. The van der Waals surface area contributed by atoms with Crippen molar-refractivity contribution in [2.75, 3.05) is 13.6 Å². The molecule has 2 rings (SSSR count). The molecular formula is C18H26BrNO. The average Bonchev–Trinajstić information content (AvgIpc) is 2.45. The molecule has 0 saturated heterocycles. The van der Waals surface area contributed by atoms with Gasteiger partial charge < -0.3 is 4.90 Å². The normalized spacial score (nSPS) is 18.9.